The summed E-state index contributed by atoms with van der Waals surface area (Å²) in [6, 6.07) is 7.87. The van der Waals surface area contributed by atoms with Crippen LogP contribution in [0.15, 0.2) is 24.3 Å². The zero-order chi connectivity index (χ0) is 13.8. The molecule has 1 fully saturated rings. The van der Waals surface area contributed by atoms with Gasteiger partial charge in [0.25, 0.3) is 0 Å². The number of ether oxygens (including phenoxy) is 1. The second-order valence-electron chi connectivity index (χ2n) is 4.87. The van der Waals surface area contributed by atoms with Gasteiger partial charge < -0.3 is 4.74 Å². The summed E-state index contributed by atoms with van der Waals surface area (Å²) < 4.78 is 5.20. The van der Waals surface area contributed by atoms with Crippen molar-refractivity contribution in [2.75, 3.05) is 7.11 Å². The van der Waals surface area contributed by atoms with Crippen molar-refractivity contribution < 1.29 is 14.3 Å². The Balaban J connectivity index is 2.37. The van der Waals surface area contributed by atoms with Crippen molar-refractivity contribution >= 4 is 11.8 Å². The highest BCUT2D eigenvalue weighted by Gasteiger charge is 2.36. The van der Waals surface area contributed by atoms with Crippen LogP contribution in [0.2, 0.25) is 0 Å². The maximum absolute atomic E-state index is 11.9. The molecule has 0 radical (unpaired) electrons. The summed E-state index contributed by atoms with van der Waals surface area (Å²) in [6.45, 7) is 2.48. The van der Waals surface area contributed by atoms with E-state index in [0.717, 1.165) is 17.5 Å². The first-order valence-electron chi connectivity index (χ1n) is 6.57. The molecular weight excluding hydrogens is 242 g/mol. The molecule has 0 aliphatic carbocycles. The molecule has 0 aromatic heterocycles. The van der Waals surface area contributed by atoms with Gasteiger partial charge in [0, 0.05) is 25.4 Å². The lowest BCUT2D eigenvalue weighted by atomic mass is 9.77. The Morgan fingerprint density at radius 3 is 2.74 bits per heavy atom. The van der Waals surface area contributed by atoms with Crippen LogP contribution in [0.5, 0.6) is 0 Å². The molecule has 2 rings (SSSR count). The van der Waals surface area contributed by atoms with Gasteiger partial charge in [0.2, 0.25) is 11.8 Å². The molecule has 2 unspecified atom stereocenters. The van der Waals surface area contributed by atoms with Gasteiger partial charge in [0.1, 0.15) is 0 Å². The smallest absolute Gasteiger partial charge is 0.230 e. The maximum Gasteiger partial charge on any atom is 0.230 e. The van der Waals surface area contributed by atoms with Gasteiger partial charge in [0.05, 0.1) is 6.61 Å². The number of piperidine rings is 1. The molecule has 1 aliphatic heterocycles. The molecule has 1 aromatic rings. The predicted octanol–water partition coefficient (Wildman–Crippen LogP) is 1.99. The highest BCUT2D eigenvalue weighted by molar-refractivity contribution is 5.99. The zero-order valence-electron chi connectivity index (χ0n) is 11.3. The molecule has 0 bridgehead atoms. The number of rotatable bonds is 4. The van der Waals surface area contributed by atoms with E-state index < -0.39 is 0 Å². The zero-order valence-corrected chi connectivity index (χ0v) is 11.3. The summed E-state index contributed by atoms with van der Waals surface area (Å²) in [5.74, 6) is -0.531. The third kappa shape index (κ3) is 2.84. The van der Waals surface area contributed by atoms with Gasteiger partial charge in [-0.1, -0.05) is 31.2 Å². The number of hydrogen-bond acceptors (Lipinski definition) is 3. The van der Waals surface area contributed by atoms with Gasteiger partial charge >= 0.3 is 0 Å². The average Bonchev–Trinajstić information content (AvgIpc) is 2.39. The highest BCUT2D eigenvalue weighted by Crippen LogP contribution is 2.35. The number of hydrogen-bond donors (Lipinski definition) is 1. The predicted molar refractivity (Wildman–Crippen MR) is 71.4 cm³/mol. The van der Waals surface area contributed by atoms with Crippen LogP contribution < -0.4 is 5.32 Å². The van der Waals surface area contributed by atoms with Crippen LogP contribution in [0.4, 0.5) is 0 Å². The number of methoxy groups -OCH3 is 1. The summed E-state index contributed by atoms with van der Waals surface area (Å²) in [6.07, 6.45) is 1.09. The molecule has 1 heterocycles. The van der Waals surface area contributed by atoms with E-state index >= 15 is 0 Å². The highest BCUT2D eigenvalue weighted by atomic mass is 16.5. The molecular formula is C15H19NO3. The normalized spacial score (nSPS) is 23.3. The molecule has 4 nitrogen and oxygen atoms in total. The molecule has 102 valence electrons. The Labute approximate surface area is 113 Å². The molecule has 4 heteroatoms. The molecule has 2 amide bonds. The van der Waals surface area contributed by atoms with Crippen molar-refractivity contribution in [3.63, 3.8) is 0 Å². The van der Waals surface area contributed by atoms with E-state index in [1.54, 1.807) is 7.11 Å². The standard InChI is InChI=1S/C15H19NO3/c1-3-11-13(8-14(17)16-15(11)18)12-7-5-4-6-10(12)9-19-2/h4-7,11,13H,3,8-9H2,1-2H3,(H,16,17,18). The first kappa shape index (κ1) is 13.7. The van der Waals surface area contributed by atoms with Crippen molar-refractivity contribution in [3.8, 4) is 0 Å². The van der Waals surface area contributed by atoms with E-state index in [9.17, 15) is 9.59 Å². The van der Waals surface area contributed by atoms with Gasteiger partial charge in [-0.05, 0) is 17.5 Å². The molecule has 1 N–H and O–H groups in total. The van der Waals surface area contributed by atoms with Crippen molar-refractivity contribution in [3.05, 3.63) is 35.4 Å². The molecule has 2 atom stereocenters. The topological polar surface area (TPSA) is 55.4 Å². The molecule has 0 spiro atoms. The van der Waals surface area contributed by atoms with E-state index in [1.807, 2.05) is 31.2 Å². The Bertz CT molecular complexity index is 484. The number of amides is 2. The van der Waals surface area contributed by atoms with Gasteiger partial charge in [0.15, 0.2) is 0 Å². The maximum atomic E-state index is 11.9. The number of imide groups is 1. The fourth-order valence-electron chi connectivity index (χ4n) is 2.79. The Morgan fingerprint density at radius 1 is 1.32 bits per heavy atom. The number of carbonyl (C=O) groups excluding carboxylic acids is 2. The van der Waals surface area contributed by atoms with E-state index in [4.69, 9.17) is 4.74 Å². The lowest BCUT2D eigenvalue weighted by molar-refractivity contribution is -0.137. The number of nitrogens with one attached hydrogen (secondary N) is 1. The monoisotopic (exact) mass is 261 g/mol. The van der Waals surface area contributed by atoms with Crippen LogP contribution >= 0.6 is 0 Å². The first-order chi connectivity index (χ1) is 9.17. The van der Waals surface area contributed by atoms with Crippen molar-refractivity contribution in [1.82, 2.24) is 5.32 Å². The molecule has 1 aliphatic rings. The SMILES string of the molecule is CCC1C(=O)NC(=O)CC1c1ccccc1COC. The van der Waals surface area contributed by atoms with Crippen LogP contribution in [0.3, 0.4) is 0 Å². The molecule has 1 aromatic carbocycles. The summed E-state index contributed by atoms with van der Waals surface area (Å²) in [5.41, 5.74) is 2.11. The summed E-state index contributed by atoms with van der Waals surface area (Å²) in [7, 11) is 1.65. The van der Waals surface area contributed by atoms with Crippen LogP contribution in [0, 0.1) is 5.92 Å². The van der Waals surface area contributed by atoms with Crippen LogP contribution in [0.1, 0.15) is 36.8 Å². The Morgan fingerprint density at radius 2 is 2.05 bits per heavy atom. The van der Waals surface area contributed by atoms with E-state index in [1.165, 1.54) is 0 Å². The minimum atomic E-state index is -0.188. The largest absolute Gasteiger partial charge is 0.380 e. The van der Waals surface area contributed by atoms with Crippen molar-refractivity contribution in [2.24, 2.45) is 5.92 Å². The Hall–Kier alpha value is -1.68. The Kier molecular flexibility index (Phi) is 4.32. The second kappa shape index (κ2) is 5.97. The summed E-state index contributed by atoms with van der Waals surface area (Å²) in [5, 5.41) is 2.42. The van der Waals surface area contributed by atoms with E-state index in [-0.39, 0.29) is 23.7 Å². The summed E-state index contributed by atoms with van der Waals surface area (Å²) in [4.78, 5) is 23.6. The van der Waals surface area contributed by atoms with Crippen LogP contribution in [0.25, 0.3) is 0 Å². The van der Waals surface area contributed by atoms with Gasteiger partial charge in [-0.15, -0.1) is 0 Å². The number of benzene rings is 1. The minimum absolute atomic E-state index is 0.0439. The number of carbonyl (C=O) groups is 2. The van der Waals surface area contributed by atoms with Crippen molar-refractivity contribution in [1.29, 1.82) is 0 Å². The van der Waals surface area contributed by atoms with E-state index in [2.05, 4.69) is 5.32 Å². The third-order valence-corrected chi connectivity index (χ3v) is 3.68. The lowest BCUT2D eigenvalue weighted by Crippen LogP contribution is -2.44. The average molecular weight is 261 g/mol. The molecule has 1 saturated heterocycles. The minimum Gasteiger partial charge on any atom is -0.380 e. The summed E-state index contributed by atoms with van der Waals surface area (Å²) >= 11 is 0. The second-order valence-corrected chi connectivity index (χ2v) is 4.87. The third-order valence-electron chi connectivity index (χ3n) is 3.68. The van der Waals surface area contributed by atoms with Crippen molar-refractivity contribution in [2.45, 2.75) is 32.3 Å². The van der Waals surface area contributed by atoms with Gasteiger partial charge in [-0.2, -0.15) is 0 Å². The first-order valence-corrected chi connectivity index (χ1v) is 6.57. The fourth-order valence-corrected chi connectivity index (χ4v) is 2.79. The quantitative estimate of drug-likeness (QED) is 0.843. The fraction of sp³-hybridized carbons (Fsp3) is 0.467. The van der Waals surface area contributed by atoms with Crippen LogP contribution in [-0.2, 0) is 20.9 Å². The van der Waals surface area contributed by atoms with E-state index in [0.29, 0.717) is 13.0 Å². The van der Waals surface area contributed by atoms with Crippen LogP contribution in [-0.4, -0.2) is 18.9 Å². The lowest BCUT2D eigenvalue weighted by Gasteiger charge is -2.31. The van der Waals surface area contributed by atoms with Gasteiger partial charge in [-0.25, -0.2) is 0 Å². The van der Waals surface area contributed by atoms with Gasteiger partial charge in [-0.3, -0.25) is 14.9 Å². The molecule has 19 heavy (non-hydrogen) atoms. The molecule has 0 saturated carbocycles.